The summed E-state index contributed by atoms with van der Waals surface area (Å²) in [5.74, 6) is -0.0574. The van der Waals surface area contributed by atoms with Crippen molar-refractivity contribution in [1.29, 1.82) is 0 Å². The van der Waals surface area contributed by atoms with E-state index >= 15 is 0 Å². The van der Waals surface area contributed by atoms with Crippen LogP contribution in [0, 0.1) is 11.7 Å². The number of rotatable bonds is 3. The molecule has 17 heavy (non-hydrogen) atoms. The minimum absolute atomic E-state index is 0.0318. The number of halogens is 2. The van der Waals surface area contributed by atoms with E-state index in [4.69, 9.17) is 17.3 Å². The van der Waals surface area contributed by atoms with Gasteiger partial charge in [0.2, 0.25) is 0 Å². The minimum Gasteiger partial charge on any atom is -0.397 e. The lowest BCUT2D eigenvalue weighted by atomic mass is 10.1. The lowest BCUT2D eigenvalue weighted by Crippen LogP contribution is -2.13. The Morgan fingerprint density at radius 2 is 2.24 bits per heavy atom. The Morgan fingerprint density at radius 3 is 2.88 bits per heavy atom. The van der Waals surface area contributed by atoms with Crippen molar-refractivity contribution in [3.05, 3.63) is 23.0 Å². The Labute approximate surface area is 105 Å². The number of anilines is 2. The van der Waals surface area contributed by atoms with Gasteiger partial charge >= 0.3 is 0 Å². The van der Waals surface area contributed by atoms with Gasteiger partial charge in [0.25, 0.3) is 0 Å². The van der Waals surface area contributed by atoms with Gasteiger partial charge in [0.15, 0.2) is 0 Å². The van der Waals surface area contributed by atoms with Gasteiger partial charge in [-0.3, -0.25) is 0 Å². The van der Waals surface area contributed by atoms with Crippen LogP contribution in [0.4, 0.5) is 15.8 Å². The number of nitrogen functional groups attached to an aromatic ring is 1. The van der Waals surface area contributed by atoms with E-state index in [9.17, 15) is 9.50 Å². The van der Waals surface area contributed by atoms with Crippen LogP contribution in [0.3, 0.4) is 0 Å². The highest BCUT2D eigenvalue weighted by Crippen LogP contribution is 2.29. The summed E-state index contributed by atoms with van der Waals surface area (Å²) in [7, 11) is 0. The quantitative estimate of drug-likeness (QED) is 0.731. The summed E-state index contributed by atoms with van der Waals surface area (Å²) < 4.78 is 13.3. The van der Waals surface area contributed by atoms with Crippen molar-refractivity contribution in [3.8, 4) is 0 Å². The molecule has 0 aliphatic heterocycles. The maximum atomic E-state index is 13.3. The predicted octanol–water partition coefficient (Wildman–Crippen LogP) is 2.63. The van der Waals surface area contributed by atoms with E-state index < -0.39 is 5.82 Å². The second-order valence-electron chi connectivity index (χ2n) is 4.57. The first-order valence-corrected chi connectivity index (χ1v) is 6.10. The molecule has 2 unspecified atom stereocenters. The summed E-state index contributed by atoms with van der Waals surface area (Å²) in [5.41, 5.74) is 6.74. The van der Waals surface area contributed by atoms with Crippen molar-refractivity contribution in [2.75, 3.05) is 17.6 Å². The van der Waals surface area contributed by atoms with E-state index in [1.807, 2.05) is 0 Å². The Bertz CT molecular complexity index is 414. The third kappa shape index (κ3) is 3.01. The van der Waals surface area contributed by atoms with Crippen molar-refractivity contribution in [3.63, 3.8) is 0 Å². The maximum absolute atomic E-state index is 13.3. The molecular weight excluding hydrogens is 243 g/mol. The molecule has 1 aliphatic rings. The molecule has 2 atom stereocenters. The molecule has 0 amide bonds. The highest BCUT2D eigenvalue weighted by atomic mass is 35.5. The van der Waals surface area contributed by atoms with E-state index in [-0.39, 0.29) is 11.1 Å². The minimum atomic E-state index is -0.477. The van der Waals surface area contributed by atoms with Crippen LogP contribution >= 0.6 is 11.6 Å². The first-order valence-electron chi connectivity index (χ1n) is 5.72. The van der Waals surface area contributed by atoms with Gasteiger partial charge in [0.05, 0.1) is 22.5 Å². The van der Waals surface area contributed by atoms with Crippen molar-refractivity contribution in [2.24, 2.45) is 5.92 Å². The molecule has 5 heteroatoms. The zero-order valence-corrected chi connectivity index (χ0v) is 10.2. The normalized spacial score (nSPS) is 23.9. The van der Waals surface area contributed by atoms with Gasteiger partial charge in [-0.15, -0.1) is 0 Å². The summed E-state index contributed by atoms with van der Waals surface area (Å²) >= 11 is 5.62. The molecule has 0 spiro atoms. The standard InChI is InChI=1S/C12H16ClFN2O/c13-9-4-11(15)12(5-10(9)14)16-6-7-1-2-8(17)3-7/h4-5,7-8,16-17H,1-3,6,15H2. The van der Waals surface area contributed by atoms with E-state index in [0.717, 1.165) is 19.3 Å². The molecule has 0 aromatic heterocycles. The van der Waals surface area contributed by atoms with Crippen LogP contribution in [0.25, 0.3) is 0 Å². The lowest BCUT2D eigenvalue weighted by Gasteiger charge is -2.14. The first-order chi connectivity index (χ1) is 8.06. The second kappa shape index (κ2) is 5.10. The van der Waals surface area contributed by atoms with Crippen LogP contribution < -0.4 is 11.1 Å². The molecular formula is C12H16ClFN2O. The van der Waals surface area contributed by atoms with Gasteiger partial charge in [0, 0.05) is 12.6 Å². The summed E-state index contributed by atoms with van der Waals surface area (Å²) in [4.78, 5) is 0. The maximum Gasteiger partial charge on any atom is 0.143 e. The van der Waals surface area contributed by atoms with Crippen molar-refractivity contribution in [2.45, 2.75) is 25.4 Å². The molecule has 1 aromatic rings. The van der Waals surface area contributed by atoms with Gasteiger partial charge in [-0.25, -0.2) is 4.39 Å². The molecule has 1 fully saturated rings. The summed E-state index contributed by atoms with van der Waals surface area (Å²) in [6, 6.07) is 2.71. The fraction of sp³-hybridized carbons (Fsp3) is 0.500. The molecule has 1 aromatic carbocycles. The van der Waals surface area contributed by atoms with Crippen molar-refractivity contribution < 1.29 is 9.50 Å². The predicted molar refractivity (Wildman–Crippen MR) is 67.7 cm³/mol. The van der Waals surface area contributed by atoms with Gasteiger partial charge in [-0.05, 0) is 31.2 Å². The number of nitrogens with one attached hydrogen (secondary N) is 1. The van der Waals surface area contributed by atoms with Crippen LogP contribution in [-0.4, -0.2) is 17.8 Å². The van der Waals surface area contributed by atoms with Crippen LogP contribution in [0.5, 0.6) is 0 Å². The zero-order valence-electron chi connectivity index (χ0n) is 9.42. The Kier molecular flexibility index (Phi) is 3.74. The highest BCUT2D eigenvalue weighted by molar-refractivity contribution is 6.31. The molecule has 94 valence electrons. The third-order valence-corrected chi connectivity index (χ3v) is 3.48. The molecule has 0 radical (unpaired) electrons. The van der Waals surface area contributed by atoms with E-state index in [2.05, 4.69) is 5.32 Å². The summed E-state index contributed by atoms with van der Waals surface area (Å²) in [6.45, 7) is 0.697. The molecule has 2 rings (SSSR count). The second-order valence-corrected chi connectivity index (χ2v) is 4.97. The highest BCUT2D eigenvalue weighted by Gasteiger charge is 2.22. The Balaban J connectivity index is 1.97. The van der Waals surface area contributed by atoms with Crippen LogP contribution in [0.2, 0.25) is 5.02 Å². The summed E-state index contributed by atoms with van der Waals surface area (Å²) in [5, 5.41) is 12.5. The molecule has 3 nitrogen and oxygen atoms in total. The molecule has 4 N–H and O–H groups in total. The average Bonchev–Trinajstić information content (AvgIpc) is 2.68. The number of aliphatic hydroxyl groups excluding tert-OH is 1. The number of aliphatic hydroxyl groups is 1. The molecule has 0 heterocycles. The van der Waals surface area contributed by atoms with Gasteiger partial charge in [0.1, 0.15) is 5.82 Å². The molecule has 0 saturated heterocycles. The lowest BCUT2D eigenvalue weighted by molar-refractivity contribution is 0.178. The number of benzene rings is 1. The van der Waals surface area contributed by atoms with Gasteiger partial charge in [-0.1, -0.05) is 11.6 Å². The largest absolute Gasteiger partial charge is 0.397 e. The van der Waals surface area contributed by atoms with Gasteiger partial charge in [-0.2, -0.15) is 0 Å². The number of hydrogen-bond acceptors (Lipinski definition) is 3. The zero-order chi connectivity index (χ0) is 12.4. The number of hydrogen-bond donors (Lipinski definition) is 3. The van der Waals surface area contributed by atoms with Crippen molar-refractivity contribution in [1.82, 2.24) is 0 Å². The summed E-state index contributed by atoms with van der Waals surface area (Å²) in [6.07, 6.45) is 2.44. The average molecular weight is 259 g/mol. The fourth-order valence-electron chi connectivity index (χ4n) is 2.20. The SMILES string of the molecule is Nc1cc(Cl)c(F)cc1NCC1CCC(O)C1. The van der Waals surface area contributed by atoms with Crippen LogP contribution in [0.1, 0.15) is 19.3 Å². The van der Waals surface area contributed by atoms with Crippen molar-refractivity contribution >= 4 is 23.0 Å². The molecule has 1 aliphatic carbocycles. The molecule has 0 bridgehead atoms. The third-order valence-electron chi connectivity index (χ3n) is 3.19. The smallest absolute Gasteiger partial charge is 0.143 e. The van der Waals surface area contributed by atoms with E-state index in [1.165, 1.54) is 12.1 Å². The molecule has 1 saturated carbocycles. The Hall–Kier alpha value is -1.00. The van der Waals surface area contributed by atoms with Gasteiger partial charge < -0.3 is 16.2 Å². The van der Waals surface area contributed by atoms with E-state index in [1.54, 1.807) is 0 Å². The van der Waals surface area contributed by atoms with Crippen LogP contribution in [-0.2, 0) is 0 Å². The number of nitrogens with two attached hydrogens (primary N) is 1. The van der Waals surface area contributed by atoms with E-state index in [0.29, 0.717) is 23.8 Å². The monoisotopic (exact) mass is 258 g/mol. The fourth-order valence-corrected chi connectivity index (χ4v) is 2.38. The topological polar surface area (TPSA) is 58.3 Å². The first kappa shape index (κ1) is 12.5. The Morgan fingerprint density at radius 1 is 1.47 bits per heavy atom. The van der Waals surface area contributed by atoms with Crippen LogP contribution in [0.15, 0.2) is 12.1 Å².